The van der Waals surface area contributed by atoms with Gasteiger partial charge in [-0.3, -0.25) is 4.79 Å². The minimum atomic E-state index is -4.52. The highest BCUT2D eigenvalue weighted by Gasteiger charge is 2.31. The highest BCUT2D eigenvalue weighted by atomic mass is 19.4. The molecule has 2 heterocycles. The number of nitrogens with zero attached hydrogens (tertiary/aromatic N) is 3. The lowest BCUT2D eigenvalue weighted by Crippen LogP contribution is -2.38. The zero-order valence-corrected chi connectivity index (χ0v) is 13.2. The molecule has 1 atom stereocenters. The third-order valence-corrected chi connectivity index (χ3v) is 3.85. The first kappa shape index (κ1) is 17.7. The Morgan fingerprint density at radius 3 is 2.73 bits per heavy atom. The molecule has 1 unspecified atom stereocenters. The predicted molar refractivity (Wildman–Crippen MR) is 80.2 cm³/mol. The number of carboxylic acid groups (broad SMARTS) is 1. The van der Waals surface area contributed by atoms with E-state index in [1.54, 1.807) is 0 Å². The Kier molecular flexibility index (Phi) is 4.53. The Labute approximate surface area is 144 Å². The van der Waals surface area contributed by atoms with Crippen molar-refractivity contribution in [2.24, 2.45) is 0 Å². The predicted octanol–water partition coefficient (Wildman–Crippen LogP) is 2.24. The molecule has 1 aliphatic heterocycles. The molecule has 0 aliphatic carbocycles. The van der Waals surface area contributed by atoms with Crippen molar-refractivity contribution in [2.45, 2.75) is 18.6 Å². The third-order valence-electron chi connectivity index (χ3n) is 3.85. The summed E-state index contributed by atoms with van der Waals surface area (Å²) < 4.78 is 43.4. The molecule has 2 amide bonds. The molecule has 0 bridgehead atoms. The second kappa shape index (κ2) is 6.65. The second-order valence-corrected chi connectivity index (χ2v) is 5.68. The monoisotopic (exact) mass is 370 g/mol. The summed E-state index contributed by atoms with van der Waals surface area (Å²) in [4.78, 5) is 24.1. The standard InChI is InChI=1S/C15H13F3N4O4/c16-15(17,18)9-3-1-2-8(6-9)12-20-21-13(26-12)11(23)19-10-4-5-22(7-10)14(24)25/h1-3,6,10H,4-5,7H2,(H,19,23)(H,24,25). The summed E-state index contributed by atoms with van der Waals surface area (Å²) in [7, 11) is 0. The van der Waals surface area contributed by atoms with E-state index in [-0.39, 0.29) is 18.0 Å². The number of carbonyl (C=O) groups excluding carboxylic acids is 1. The highest BCUT2D eigenvalue weighted by Crippen LogP contribution is 2.31. The second-order valence-electron chi connectivity index (χ2n) is 5.68. The van der Waals surface area contributed by atoms with Crippen LogP contribution in [0.3, 0.4) is 0 Å². The fourth-order valence-electron chi connectivity index (χ4n) is 2.56. The molecule has 1 aliphatic rings. The molecular weight excluding hydrogens is 357 g/mol. The minimum Gasteiger partial charge on any atom is -0.465 e. The fourth-order valence-corrected chi connectivity index (χ4v) is 2.56. The van der Waals surface area contributed by atoms with Gasteiger partial charge in [0.15, 0.2) is 0 Å². The van der Waals surface area contributed by atoms with E-state index in [1.807, 2.05) is 0 Å². The molecule has 138 valence electrons. The van der Waals surface area contributed by atoms with Crippen molar-refractivity contribution in [3.63, 3.8) is 0 Å². The van der Waals surface area contributed by atoms with Crippen LogP contribution >= 0.6 is 0 Å². The molecule has 1 aromatic heterocycles. The average Bonchev–Trinajstić information content (AvgIpc) is 3.23. The number of benzene rings is 1. The first-order valence-corrected chi connectivity index (χ1v) is 7.54. The number of aromatic nitrogens is 2. The molecule has 2 N–H and O–H groups in total. The first-order chi connectivity index (χ1) is 12.2. The number of rotatable bonds is 3. The molecule has 0 radical (unpaired) electrons. The van der Waals surface area contributed by atoms with Gasteiger partial charge in [-0.1, -0.05) is 6.07 Å². The molecule has 1 saturated heterocycles. The Morgan fingerprint density at radius 2 is 2.08 bits per heavy atom. The Balaban J connectivity index is 1.70. The summed E-state index contributed by atoms with van der Waals surface area (Å²) in [6, 6.07) is 3.90. The van der Waals surface area contributed by atoms with Crippen molar-refractivity contribution in [2.75, 3.05) is 13.1 Å². The van der Waals surface area contributed by atoms with Crippen LogP contribution in [0.1, 0.15) is 22.7 Å². The van der Waals surface area contributed by atoms with Crippen LogP contribution < -0.4 is 5.32 Å². The van der Waals surface area contributed by atoms with Gasteiger partial charge in [-0.2, -0.15) is 13.2 Å². The maximum Gasteiger partial charge on any atom is 0.416 e. The quantitative estimate of drug-likeness (QED) is 0.858. The number of likely N-dealkylation sites (tertiary alicyclic amines) is 1. The van der Waals surface area contributed by atoms with E-state index in [2.05, 4.69) is 15.5 Å². The van der Waals surface area contributed by atoms with Gasteiger partial charge in [-0.15, -0.1) is 10.2 Å². The van der Waals surface area contributed by atoms with E-state index in [0.29, 0.717) is 13.0 Å². The zero-order chi connectivity index (χ0) is 18.9. The summed E-state index contributed by atoms with van der Waals surface area (Å²) in [5.74, 6) is -1.35. The molecule has 11 heteroatoms. The first-order valence-electron chi connectivity index (χ1n) is 7.54. The molecule has 1 fully saturated rings. The lowest BCUT2D eigenvalue weighted by atomic mass is 10.1. The lowest BCUT2D eigenvalue weighted by Gasteiger charge is -2.12. The van der Waals surface area contributed by atoms with Crippen molar-refractivity contribution < 1.29 is 32.3 Å². The molecule has 26 heavy (non-hydrogen) atoms. The molecule has 0 saturated carbocycles. The fraction of sp³-hybridized carbons (Fsp3) is 0.333. The summed E-state index contributed by atoms with van der Waals surface area (Å²) in [6.45, 7) is 0.426. The molecule has 3 rings (SSSR count). The largest absolute Gasteiger partial charge is 0.465 e. The minimum absolute atomic E-state index is 0.0318. The van der Waals surface area contributed by atoms with Crippen molar-refractivity contribution in [1.82, 2.24) is 20.4 Å². The van der Waals surface area contributed by atoms with E-state index in [9.17, 15) is 22.8 Å². The number of halogens is 3. The van der Waals surface area contributed by atoms with Crippen LogP contribution in [0.5, 0.6) is 0 Å². The van der Waals surface area contributed by atoms with Gasteiger partial charge in [-0.25, -0.2) is 4.79 Å². The maximum atomic E-state index is 12.8. The molecule has 8 nitrogen and oxygen atoms in total. The topological polar surface area (TPSA) is 109 Å². The smallest absolute Gasteiger partial charge is 0.416 e. The number of amides is 2. The zero-order valence-electron chi connectivity index (χ0n) is 13.2. The molecular formula is C15H13F3N4O4. The van der Waals surface area contributed by atoms with Crippen LogP contribution in [-0.4, -0.2) is 51.3 Å². The number of hydrogen-bond acceptors (Lipinski definition) is 5. The van der Waals surface area contributed by atoms with Crippen molar-refractivity contribution in [1.29, 1.82) is 0 Å². The van der Waals surface area contributed by atoms with E-state index in [0.717, 1.165) is 17.0 Å². The third kappa shape index (κ3) is 3.76. The van der Waals surface area contributed by atoms with Crippen molar-refractivity contribution >= 4 is 12.0 Å². The van der Waals surface area contributed by atoms with Gasteiger partial charge in [0, 0.05) is 24.7 Å². The molecule has 0 spiro atoms. The van der Waals surface area contributed by atoms with Gasteiger partial charge < -0.3 is 19.7 Å². The highest BCUT2D eigenvalue weighted by molar-refractivity contribution is 5.90. The Bertz CT molecular complexity index is 836. The van der Waals surface area contributed by atoms with E-state index in [4.69, 9.17) is 9.52 Å². The van der Waals surface area contributed by atoms with Gasteiger partial charge in [0.25, 0.3) is 0 Å². The van der Waals surface area contributed by atoms with E-state index < -0.39 is 35.7 Å². The summed E-state index contributed by atoms with van der Waals surface area (Å²) in [5, 5.41) is 18.6. The summed E-state index contributed by atoms with van der Waals surface area (Å²) in [6.07, 6.45) is -5.16. The van der Waals surface area contributed by atoms with Gasteiger partial charge in [0.05, 0.1) is 5.56 Å². The SMILES string of the molecule is O=C(NC1CCN(C(=O)O)C1)c1nnc(-c2cccc(C(F)(F)F)c2)o1. The van der Waals surface area contributed by atoms with Crippen LogP contribution in [-0.2, 0) is 6.18 Å². The molecule has 2 aromatic rings. The van der Waals surface area contributed by atoms with Gasteiger partial charge in [0.1, 0.15) is 0 Å². The average molecular weight is 370 g/mol. The van der Waals surface area contributed by atoms with Crippen LogP contribution in [0.25, 0.3) is 11.5 Å². The van der Waals surface area contributed by atoms with Gasteiger partial charge in [0.2, 0.25) is 5.89 Å². The van der Waals surface area contributed by atoms with Crippen molar-refractivity contribution in [3.8, 4) is 11.5 Å². The van der Waals surface area contributed by atoms with E-state index >= 15 is 0 Å². The number of hydrogen-bond donors (Lipinski definition) is 2. The molecule has 1 aromatic carbocycles. The van der Waals surface area contributed by atoms with E-state index in [1.165, 1.54) is 12.1 Å². The Hall–Kier alpha value is -3.11. The maximum absolute atomic E-state index is 12.8. The van der Waals surface area contributed by atoms with Crippen molar-refractivity contribution in [3.05, 3.63) is 35.7 Å². The van der Waals surface area contributed by atoms with Crippen LogP contribution in [0.2, 0.25) is 0 Å². The normalized spacial score (nSPS) is 17.3. The van der Waals surface area contributed by atoms with Crippen LogP contribution in [0.4, 0.5) is 18.0 Å². The number of alkyl halides is 3. The summed E-state index contributed by atoms with van der Waals surface area (Å²) >= 11 is 0. The number of carbonyl (C=O) groups is 2. The van der Waals surface area contributed by atoms with Gasteiger partial charge >= 0.3 is 24.1 Å². The summed E-state index contributed by atoms with van der Waals surface area (Å²) in [5.41, 5.74) is -0.844. The van der Waals surface area contributed by atoms with Crippen LogP contribution in [0, 0.1) is 0 Å². The Morgan fingerprint density at radius 1 is 1.31 bits per heavy atom. The number of nitrogens with one attached hydrogen (secondary N) is 1. The lowest BCUT2D eigenvalue weighted by molar-refractivity contribution is -0.137. The van der Waals surface area contributed by atoms with Crippen LogP contribution in [0.15, 0.2) is 28.7 Å². The van der Waals surface area contributed by atoms with Gasteiger partial charge in [-0.05, 0) is 24.6 Å².